The van der Waals surface area contributed by atoms with Crippen molar-refractivity contribution in [3.8, 4) is 0 Å². The van der Waals surface area contributed by atoms with Crippen LogP contribution in [0.3, 0.4) is 0 Å². The molecule has 0 aromatic heterocycles. The zero-order chi connectivity index (χ0) is 16.2. The molecule has 0 fully saturated rings. The van der Waals surface area contributed by atoms with Gasteiger partial charge in [-0.1, -0.05) is 0 Å². The van der Waals surface area contributed by atoms with E-state index in [-0.39, 0.29) is 6.61 Å². The van der Waals surface area contributed by atoms with Crippen LogP contribution in [0.2, 0.25) is 0 Å². The molecule has 9 nitrogen and oxygen atoms in total. The maximum absolute atomic E-state index is 11.1. The summed E-state index contributed by atoms with van der Waals surface area (Å²) in [7, 11) is 1.30. The van der Waals surface area contributed by atoms with Gasteiger partial charge in [0.05, 0.1) is 18.8 Å². The summed E-state index contributed by atoms with van der Waals surface area (Å²) in [6, 6.07) is -1.13. The highest BCUT2D eigenvalue weighted by Crippen LogP contribution is 2.22. The van der Waals surface area contributed by atoms with E-state index in [9.17, 15) is 30.0 Å². The summed E-state index contributed by atoms with van der Waals surface area (Å²) >= 11 is 0. The number of ether oxygens (including phenoxy) is 2. The number of carbonyl (C=O) groups is 2. The minimum atomic E-state index is -1.69. The molecule has 0 aromatic carbocycles. The fourth-order valence-electron chi connectivity index (χ4n) is 2.00. The van der Waals surface area contributed by atoms with Gasteiger partial charge >= 0.3 is 0 Å². The van der Waals surface area contributed by atoms with Crippen LogP contribution in [-0.4, -0.2) is 71.4 Å². The van der Waals surface area contributed by atoms with Crippen molar-refractivity contribution in [3.63, 3.8) is 0 Å². The second-order valence-corrected chi connectivity index (χ2v) is 4.63. The number of nitrogens with one attached hydrogen (secondary N) is 1. The van der Waals surface area contributed by atoms with Crippen molar-refractivity contribution in [2.45, 2.75) is 37.4 Å². The van der Waals surface area contributed by atoms with Gasteiger partial charge in [0.2, 0.25) is 5.91 Å². The highest BCUT2D eigenvalue weighted by Gasteiger charge is 2.42. The van der Waals surface area contributed by atoms with Crippen LogP contribution in [0, 0.1) is 0 Å². The van der Waals surface area contributed by atoms with Gasteiger partial charge in [-0.25, -0.2) is 0 Å². The lowest BCUT2D eigenvalue weighted by molar-refractivity contribution is -0.305. The molecule has 0 aromatic rings. The Bertz CT molecular complexity index is 423. The molecular weight excluding hydrogens is 286 g/mol. The molecule has 0 radical (unpaired) electrons. The first-order chi connectivity index (χ1) is 9.77. The van der Waals surface area contributed by atoms with Crippen LogP contribution in [0.4, 0.5) is 0 Å². The molecule has 0 aliphatic carbocycles. The van der Waals surface area contributed by atoms with Crippen LogP contribution in [0.5, 0.6) is 0 Å². The van der Waals surface area contributed by atoms with E-state index in [4.69, 9.17) is 4.74 Å². The fraction of sp³-hybridized carbons (Fsp3) is 0.667. The minimum Gasteiger partial charge on any atom is -0.542 e. The van der Waals surface area contributed by atoms with Gasteiger partial charge in [0.25, 0.3) is 0 Å². The predicted molar refractivity (Wildman–Crippen MR) is 65.5 cm³/mol. The van der Waals surface area contributed by atoms with Crippen LogP contribution >= 0.6 is 0 Å². The van der Waals surface area contributed by atoms with E-state index in [1.807, 2.05) is 0 Å². The van der Waals surface area contributed by atoms with Gasteiger partial charge in [0, 0.05) is 14.0 Å². The Hall–Kier alpha value is -1.68. The van der Waals surface area contributed by atoms with Gasteiger partial charge in [-0.3, -0.25) is 4.79 Å². The van der Waals surface area contributed by atoms with Crippen LogP contribution in [0.1, 0.15) is 6.92 Å². The smallest absolute Gasteiger partial charge is 0.217 e. The van der Waals surface area contributed by atoms with Gasteiger partial charge in [-0.2, -0.15) is 0 Å². The Kier molecular flexibility index (Phi) is 6.09. The molecule has 0 spiro atoms. The average molecular weight is 304 g/mol. The molecule has 0 saturated heterocycles. The number of aliphatic carboxylic acids is 1. The lowest BCUT2D eigenvalue weighted by Gasteiger charge is -2.39. The minimum absolute atomic E-state index is 0.242. The molecule has 120 valence electrons. The lowest BCUT2D eigenvalue weighted by Crippen LogP contribution is -2.60. The number of carboxylic acids is 1. The van der Waals surface area contributed by atoms with Gasteiger partial charge < -0.3 is 40.0 Å². The topological polar surface area (TPSA) is 148 Å². The second-order valence-electron chi connectivity index (χ2n) is 4.63. The quantitative estimate of drug-likeness (QED) is 0.391. The van der Waals surface area contributed by atoms with Crippen molar-refractivity contribution in [2.24, 2.45) is 0 Å². The number of carboxylic acid groups (broad SMARTS) is 1. The van der Waals surface area contributed by atoms with E-state index >= 15 is 0 Å². The SMILES string of the molecule is COC[C@@H](O)[C@@H](O)C1OC(C(=O)[O-])=CC(O)[C@H]1NC(C)=O. The number of rotatable bonds is 6. The standard InChI is InChI=1S/C12H19NO8/c1-5(14)13-9-6(15)3-8(12(18)19)21-11(9)10(17)7(16)4-20-2/h3,6-7,9-11,15-17H,4H2,1-2H3,(H,13,14)(H,18,19)/p-1/t6?,7-,9-,10-,11?/m1/s1. The molecule has 2 unspecified atom stereocenters. The highest BCUT2D eigenvalue weighted by molar-refractivity contribution is 5.82. The van der Waals surface area contributed by atoms with E-state index < -0.39 is 48.1 Å². The molecule has 1 aliphatic heterocycles. The van der Waals surface area contributed by atoms with Crippen molar-refractivity contribution in [2.75, 3.05) is 13.7 Å². The first kappa shape index (κ1) is 17.4. The van der Waals surface area contributed by atoms with Crippen molar-refractivity contribution in [1.82, 2.24) is 5.32 Å². The molecule has 21 heavy (non-hydrogen) atoms. The van der Waals surface area contributed by atoms with Crippen molar-refractivity contribution in [1.29, 1.82) is 0 Å². The van der Waals surface area contributed by atoms with E-state index in [1.165, 1.54) is 14.0 Å². The molecule has 1 heterocycles. The van der Waals surface area contributed by atoms with Gasteiger partial charge in [-0.15, -0.1) is 0 Å². The number of aliphatic hydroxyl groups excluding tert-OH is 3. The first-order valence-electron chi connectivity index (χ1n) is 6.18. The van der Waals surface area contributed by atoms with Crippen LogP contribution < -0.4 is 10.4 Å². The molecule has 1 aliphatic rings. The van der Waals surface area contributed by atoms with E-state index in [2.05, 4.69) is 10.1 Å². The maximum atomic E-state index is 11.1. The number of methoxy groups -OCH3 is 1. The molecule has 4 N–H and O–H groups in total. The Balaban J connectivity index is 3.01. The predicted octanol–water partition coefficient (Wildman–Crippen LogP) is -3.75. The number of amides is 1. The van der Waals surface area contributed by atoms with Gasteiger partial charge in [0.1, 0.15) is 23.9 Å². The first-order valence-corrected chi connectivity index (χ1v) is 6.18. The second kappa shape index (κ2) is 7.36. The van der Waals surface area contributed by atoms with E-state index in [1.54, 1.807) is 0 Å². The largest absolute Gasteiger partial charge is 0.542 e. The third-order valence-electron chi connectivity index (χ3n) is 2.95. The summed E-state index contributed by atoms with van der Waals surface area (Å²) in [6.45, 7) is 0.939. The summed E-state index contributed by atoms with van der Waals surface area (Å²) in [4.78, 5) is 22.0. The molecule has 1 amide bonds. The Morgan fingerprint density at radius 2 is 2.14 bits per heavy atom. The number of aliphatic hydroxyl groups is 3. The molecule has 0 bridgehead atoms. The van der Waals surface area contributed by atoms with Crippen LogP contribution in [-0.2, 0) is 19.1 Å². The third-order valence-corrected chi connectivity index (χ3v) is 2.95. The Morgan fingerprint density at radius 3 is 2.62 bits per heavy atom. The molecule has 1 rings (SSSR count). The number of hydrogen-bond donors (Lipinski definition) is 4. The zero-order valence-corrected chi connectivity index (χ0v) is 11.6. The summed E-state index contributed by atoms with van der Waals surface area (Å²) in [5.41, 5.74) is 0. The summed E-state index contributed by atoms with van der Waals surface area (Å²) in [5.74, 6) is -2.89. The van der Waals surface area contributed by atoms with Crippen LogP contribution in [0.15, 0.2) is 11.8 Å². The Morgan fingerprint density at radius 1 is 1.52 bits per heavy atom. The summed E-state index contributed by atoms with van der Waals surface area (Å²) in [6.07, 6.45) is -4.96. The van der Waals surface area contributed by atoms with Crippen molar-refractivity contribution < 1.29 is 39.5 Å². The molecule has 5 atom stereocenters. The van der Waals surface area contributed by atoms with E-state index in [0.717, 1.165) is 6.08 Å². The molecule has 0 saturated carbocycles. The van der Waals surface area contributed by atoms with Crippen LogP contribution in [0.25, 0.3) is 0 Å². The fourth-order valence-corrected chi connectivity index (χ4v) is 2.00. The van der Waals surface area contributed by atoms with Crippen molar-refractivity contribution in [3.05, 3.63) is 11.8 Å². The Labute approximate surface area is 120 Å². The van der Waals surface area contributed by atoms with Crippen molar-refractivity contribution >= 4 is 11.9 Å². The highest BCUT2D eigenvalue weighted by atomic mass is 16.5. The third kappa shape index (κ3) is 4.39. The van der Waals surface area contributed by atoms with Gasteiger partial charge in [-0.05, 0) is 6.08 Å². The summed E-state index contributed by atoms with van der Waals surface area (Å²) < 4.78 is 9.69. The normalized spacial score (nSPS) is 28.0. The lowest BCUT2D eigenvalue weighted by atomic mass is 9.94. The number of hydrogen-bond acceptors (Lipinski definition) is 8. The maximum Gasteiger partial charge on any atom is 0.217 e. The molecule has 9 heteroatoms. The number of carbonyl (C=O) groups excluding carboxylic acids is 2. The average Bonchev–Trinajstić information content (AvgIpc) is 2.39. The summed E-state index contributed by atoms with van der Waals surface area (Å²) in [5, 5.41) is 42.8. The zero-order valence-electron chi connectivity index (χ0n) is 11.6. The molecular formula is C12H18NO8-. The van der Waals surface area contributed by atoms with Gasteiger partial charge in [0.15, 0.2) is 6.10 Å². The monoisotopic (exact) mass is 304 g/mol. The van der Waals surface area contributed by atoms with E-state index in [0.29, 0.717) is 0 Å².